The van der Waals surface area contributed by atoms with E-state index < -0.39 is 0 Å². The quantitative estimate of drug-likeness (QED) is 0.610. The fourth-order valence-corrected chi connectivity index (χ4v) is 0.844. The van der Waals surface area contributed by atoms with Crippen molar-refractivity contribution in [3.05, 3.63) is 12.4 Å². The summed E-state index contributed by atoms with van der Waals surface area (Å²) in [6.07, 6.45) is 3.16. The first-order valence-corrected chi connectivity index (χ1v) is 4.06. The molecule has 6 heteroatoms. The van der Waals surface area contributed by atoms with Gasteiger partial charge in [-0.1, -0.05) is 5.21 Å². The molecule has 1 aromatic heterocycles. The van der Waals surface area contributed by atoms with Crippen molar-refractivity contribution < 1.29 is 4.79 Å². The van der Waals surface area contributed by atoms with Gasteiger partial charge in [-0.3, -0.25) is 4.79 Å². The van der Waals surface area contributed by atoms with Crippen LogP contribution in [0.3, 0.4) is 0 Å². The molecule has 1 atom stereocenters. The van der Waals surface area contributed by atoms with Gasteiger partial charge < -0.3 is 11.1 Å². The van der Waals surface area contributed by atoms with Crippen LogP contribution in [0, 0.1) is 0 Å². The predicted molar refractivity (Wildman–Crippen MR) is 46.7 cm³/mol. The standard InChI is InChI=1S/C7H13N5O/c1-6(4-8)10-7(13)5-12-3-2-9-11-12/h2-3,6H,4-5,8H2,1H3,(H,10,13). The van der Waals surface area contributed by atoms with E-state index in [1.54, 1.807) is 6.20 Å². The van der Waals surface area contributed by atoms with Gasteiger partial charge in [0.1, 0.15) is 6.54 Å². The number of amides is 1. The van der Waals surface area contributed by atoms with E-state index >= 15 is 0 Å². The summed E-state index contributed by atoms with van der Waals surface area (Å²) >= 11 is 0. The molecule has 0 aliphatic rings. The monoisotopic (exact) mass is 183 g/mol. The van der Waals surface area contributed by atoms with E-state index in [9.17, 15) is 4.79 Å². The summed E-state index contributed by atoms with van der Waals surface area (Å²) in [5, 5.41) is 9.96. The number of rotatable bonds is 4. The lowest BCUT2D eigenvalue weighted by Crippen LogP contribution is -2.39. The number of hydrogen-bond donors (Lipinski definition) is 2. The van der Waals surface area contributed by atoms with Gasteiger partial charge in [0.05, 0.1) is 6.20 Å². The topological polar surface area (TPSA) is 85.8 Å². The number of hydrogen-bond acceptors (Lipinski definition) is 4. The Balaban J connectivity index is 2.34. The highest BCUT2D eigenvalue weighted by Crippen LogP contribution is 1.83. The molecule has 1 unspecified atom stereocenters. The van der Waals surface area contributed by atoms with Crippen LogP contribution in [-0.2, 0) is 11.3 Å². The van der Waals surface area contributed by atoms with Crippen molar-refractivity contribution in [1.82, 2.24) is 20.3 Å². The highest BCUT2D eigenvalue weighted by molar-refractivity contribution is 5.75. The summed E-state index contributed by atoms with van der Waals surface area (Å²) in [7, 11) is 0. The Morgan fingerprint density at radius 2 is 2.54 bits per heavy atom. The first-order valence-electron chi connectivity index (χ1n) is 4.06. The second kappa shape index (κ2) is 4.56. The molecule has 6 nitrogen and oxygen atoms in total. The maximum Gasteiger partial charge on any atom is 0.242 e. The van der Waals surface area contributed by atoms with Crippen LogP contribution >= 0.6 is 0 Å². The molecule has 1 aromatic rings. The lowest BCUT2D eigenvalue weighted by molar-refractivity contribution is -0.122. The Labute approximate surface area is 76.1 Å². The average molecular weight is 183 g/mol. The van der Waals surface area contributed by atoms with Gasteiger partial charge in [-0.15, -0.1) is 5.10 Å². The average Bonchev–Trinajstić information content (AvgIpc) is 2.56. The van der Waals surface area contributed by atoms with Gasteiger partial charge in [0.15, 0.2) is 0 Å². The van der Waals surface area contributed by atoms with Crippen molar-refractivity contribution in [2.24, 2.45) is 5.73 Å². The third-order valence-electron chi connectivity index (χ3n) is 1.54. The molecule has 0 saturated carbocycles. The van der Waals surface area contributed by atoms with Gasteiger partial charge in [0.25, 0.3) is 0 Å². The van der Waals surface area contributed by atoms with E-state index in [1.807, 2.05) is 6.92 Å². The zero-order valence-electron chi connectivity index (χ0n) is 7.47. The lowest BCUT2D eigenvalue weighted by atomic mass is 10.3. The minimum atomic E-state index is -0.108. The van der Waals surface area contributed by atoms with Gasteiger partial charge in [-0.05, 0) is 6.92 Å². The number of carbonyl (C=O) groups excluding carboxylic acids is 1. The Kier molecular flexibility index (Phi) is 3.39. The SMILES string of the molecule is CC(CN)NC(=O)Cn1ccnn1. The molecule has 0 fully saturated rings. The molecule has 0 aliphatic carbocycles. The zero-order chi connectivity index (χ0) is 9.68. The van der Waals surface area contributed by atoms with Gasteiger partial charge in [0.2, 0.25) is 5.91 Å². The third kappa shape index (κ3) is 3.20. The molecule has 0 aliphatic heterocycles. The molecule has 13 heavy (non-hydrogen) atoms. The van der Waals surface area contributed by atoms with Crippen LogP contribution in [0.1, 0.15) is 6.92 Å². The molecule has 3 N–H and O–H groups in total. The van der Waals surface area contributed by atoms with E-state index in [-0.39, 0.29) is 18.5 Å². The summed E-state index contributed by atoms with van der Waals surface area (Å²) in [6, 6.07) is -0.00368. The van der Waals surface area contributed by atoms with Gasteiger partial charge in [-0.25, -0.2) is 4.68 Å². The largest absolute Gasteiger partial charge is 0.351 e. The molecule has 0 bridgehead atoms. The Hall–Kier alpha value is -1.43. The second-order valence-electron chi connectivity index (χ2n) is 2.80. The normalized spacial score (nSPS) is 12.5. The Bertz CT molecular complexity index is 258. The highest BCUT2D eigenvalue weighted by Gasteiger charge is 2.05. The number of aromatic nitrogens is 3. The van der Waals surface area contributed by atoms with Gasteiger partial charge in [0, 0.05) is 18.8 Å². The van der Waals surface area contributed by atoms with E-state index in [2.05, 4.69) is 15.6 Å². The minimum Gasteiger partial charge on any atom is -0.351 e. The summed E-state index contributed by atoms with van der Waals surface area (Å²) in [4.78, 5) is 11.2. The lowest BCUT2D eigenvalue weighted by Gasteiger charge is -2.10. The molecule has 1 amide bonds. The number of carbonyl (C=O) groups is 1. The van der Waals surface area contributed by atoms with Crippen LogP contribution in [0.15, 0.2) is 12.4 Å². The Morgan fingerprint density at radius 1 is 1.77 bits per heavy atom. The van der Waals surface area contributed by atoms with Gasteiger partial charge >= 0.3 is 0 Å². The van der Waals surface area contributed by atoms with Crippen LogP contribution in [0.2, 0.25) is 0 Å². The van der Waals surface area contributed by atoms with Crippen LogP contribution < -0.4 is 11.1 Å². The Morgan fingerprint density at radius 3 is 3.08 bits per heavy atom. The fraction of sp³-hybridized carbons (Fsp3) is 0.571. The maximum absolute atomic E-state index is 11.2. The van der Waals surface area contributed by atoms with Crippen LogP contribution in [0.4, 0.5) is 0 Å². The smallest absolute Gasteiger partial charge is 0.242 e. The molecule has 0 aromatic carbocycles. The van der Waals surface area contributed by atoms with Crippen molar-refractivity contribution in [2.75, 3.05) is 6.54 Å². The summed E-state index contributed by atoms with van der Waals surface area (Å²) in [6.45, 7) is 2.46. The fourth-order valence-electron chi connectivity index (χ4n) is 0.844. The number of nitrogens with two attached hydrogens (primary N) is 1. The van der Waals surface area contributed by atoms with Crippen molar-refractivity contribution in [3.63, 3.8) is 0 Å². The molecular formula is C7H13N5O. The van der Waals surface area contributed by atoms with E-state index in [4.69, 9.17) is 5.73 Å². The zero-order valence-corrected chi connectivity index (χ0v) is 7.47. The highest BCUT2D eigenvalue weighted by atomic mass is 16.2. The van der Waals surface area contributed by atoms with Crippen molar-refractivity contribution in [3.8, 4) is 0 Å². The number of nitrogens with zero attached hydrogens (tertiary/aromatic N) is 3. The van der Waals surface area contributed by atoms with Gasteiger partial charge in [-0.2, -0.15) is 0 Å². The first kappa shape index (κ1) is 9.66. The predicted octanol–water partition coefficient (Wildman–Crippen LogP) is -1.26. The van der Waals surface area contributed by atoms with Crippen LogP contribution in [0.5, 0.6) is 0 Å². The maximum atomic E-state index is 11.2. The molecule has 0 saturated heterocycles. The van der Waals surface area contributed by atoms with Crippen LogP contribution in [0.25, 0.3) is 0 Å². The molecular weight excluding hydrogens is 170 g/mol. The summed E-state index contributed by atoms with van der Waals surface area (Å²) < 4.78 is 1.46. The summed E-state index contributed by atoms with van der Waals surface area (Å²) in [5.41, 5.74) is 5.34. The third-order valence-corrected chi connectivity index (χ3v) is 1.54. The van der Waals surface area contributed by atoms with Crippen LogP contribution in [-0.4, -0.2) is 33.5 Å². The second-order valence-corrected chi connectivity index (χ2v) is 2.80. The molecule has 1 heterocycles. The van der Waals surface area contributed by atoms with E-state index in [0.717, 1.165) is 0 Å². The minimum absolute atomic E-state index is 0.00368. The first-order chi connectivity index (χ1) is 6.22. The molecule has 0 radical (unpaired) electrons. The molecule has 72 valence electrons. The summed E-state index contributed by atoms with van der Waals surface area (Å²) in [5.74, 6) is -0.108. The van der Waals surface area contributed by atoms with E-state index in [0.29, 0.717) is 6.54 Å². The molecule has 0 spiro atoms. The van der Waals surface area contributed by atoms with E-state index in [1.165, 1.54) is 10.9 Å². The van der Waals surface area contributed by atoms with Crippen molar-refractivity contribution in [2.45, 2.75) is 19.5 Å². The molecule has 1 rings (SSSR count). The van der Waals surface area contributed by atoms with Crippen molar-refractivity contribution in [1.29, 1.82) is 0 Å². The van der Waals surface area contributed by atoms with Crippen molar-refractivity contribution >= 4 is 5.91 Å². The number of nitrogens with one attached hydrogen (secondary N) is 1.